The SMILES string of the molecule is N#Cc1ncc(-c2ccc(OC(F)(F)F)cc2)cc1F. The molecule has 0 bridgehead atoms. The third kappa shape index (κ3) is 3.23. The van der Waals surface area contributed by atoms with Crippen LogP contribution in [0.3, 0.4) is 0 Å². The smallest absolute Gasteiger partial charge is 0.406 e. The third-order valence-electron chi connectivity index (χ3n) is 2.37. The van der Waals surface area contributed by atoms with Crippen molar-refractivity contribution in [2.24, 2.45) is 0 Å². The van der Waals surface area contributed by atoms with E-state index < -0.39 is 12.2 Å². The van der Waals surface area contributed by atoms with E-state index in [4.69, 9.17) is 5.26 Å². The van der Waals surface area contributed by atoms with Crippen LogP contribution in [0.25, 0.3) is 11.1 Å². The van der Waals surface area contributed by atoms with Gasteiger partial charge in [-0.05, 0) is 23.8 Å². The van der Waals surface area contributed by atoms with Crippen molar-refractivity contribution in [2.45, 2.75) is 6.36 Å². The average Bonchev–Trinajstić information content (AvgIpc) is 2.37. The van der Waals surface area contributed by atoms with E-state index in [0.717, 1.165) is 18.2 Å². The molecule has 2 aromatic rings. The molecule has 7 heteroatoms. The Morgan fingerprint density at radius 3 is 2.25 bits per heavy atom. The number of nitriles is 1. The van der Waals surface area contributed by atoms with Crippen molar-refractivity contribution in [1.29, 1.82) is 5.26 Å². The lowest BCUT2D eigenvalue weighted by Gasteiger charge is -2.09. The molecule has 0 aliphatic carbocycles. The maximum Gasteiger partial charge on any atom is 0.573 e. The first-order valence-electron chi connectivity index (χ1n) is 5.31. The van der Waals surface area contributed by atoms with Gasteiger partial charge in [0.1, 0.15) is 11.8 Å². The Balaban J connectivity index is 2.26. The molecule has 0 saturated carbocycles. The molecule has 2 rings (SSSR count). The van der Waals surface area contributed by atoms with Gasteiger partial charge in [0.05, 0.1) is 0 Å². The molecule has 3 nitrogen and oxygen atoms in total. The van der Waals surface area contributed by atoms with Crippen LogP contribution in [0.2, 0.25) is 0 Å². The number of alkyl halides is 3. The number of hydrogen-bond donors (Lipinski definition) is 0. The van der Waals surface area contributed by atoms with Gasteiger partial charge in [-0.15, -0.1) is 13.2 Å². The molecule has 1 aromatic heterocycles. The summed E-state index contributed by atoms with van der Waals surface area (Å²) in [6, 6.07) is 7.56. The molecule has 0 amide bonds. The second kappa shape index (κ2) is 5.17. The second-order valence-electron chi connectivity index (χ2n) is 3.74. The van der Waals surface area contributed by atoms with Gasteiger partial charge in [0.25, 0.3) is 0 Å². The predicted octanol–water partition coefficient (Wildman–Crippen LogP) is 3.66. The summed E-state index contributed by atoms with van der Waals surface area (Å²) >= 11 is 0. The van der Waals surface area contributed by atoms with Gasteiger partial charge in [-0.25, -0.2) is 9.37 Å². The van der Waals surface area contributed by atoms with Crippen molar-refractivity contribution in [2.75, 3.05) is 0 Å². The quantitative estimate of drug-likeness (QED) is 0.790. The highest BCUT2D eigenvalue weighted by atomic mass is 19.4. The van der Waals surface area contributed by atoms with E-state index in [0.29, 0.717) is 11.1 Å². The van der Waals surface area contributed by atoms with E-state index in [-0.39, 0.29) is 11.4 Å². The van der Waals surface area contributed by atoms with Crippen molar-refractivity contribution >= 4 is 0 Å². The number of ether oxygens (including phenoxy) is 1. The Kier molecular flexibility index (Phi) is 3.57. The van der Waals surface area contributed by atoms with Gasteiger partial charge in [-0.2, -0.15) is 5.26 Å². The molecule has 0 aliphatic rings. The van der Waals surface area contributed by atoms with Crippen molar-refractivity contribution in [3.63, 3.8) is 0 Å². The van der Waals surface area contributed by atoms with Crippen molar-refractivity contribution in [3.8, 4) is 22.9 Å². The second-order valence-corrected chi connectivity index (χ2v) is 3.74. The lowest BCUT2D eigenvalue weighted by molar-refractivity contribution is -0.274. The van der Waals surface area contributed by atoms with Crippen LogP contribution in [0.5, 0.6) is 5.75 Å². The van der Waals surface area contributed by atoms with Crippen LogP contribution in [-0.2, 0) is 0 Å². The molecule has 0 aliphatic heterocycles. The fourth-order valence-electron chi connectivity index (χ4n) is 1.53. The zero-order valence-electron chi connectivity index (χ0n) is 9.78. The number of hydrogen-bond acceptors (Lipinski definition) is 3. The van der Waals surface area contributed by atoms with Gasteiger partial charge in [-0.3, -0.25) is 0 Å². The summed E-state index contributed by atoms with van der Waals surface area (Å²) < 4.78 is 53.1. The van der Waals surface area contributed by atoms with Crippen molar-refractivity contribution in [1.82, 2.24) is 4.98 Å². The Labute approximate surface area is 111 Å². The molecule has 1 aromatic carbocycles. The lowest BCUT2D eigenvalue weighted by atomic mass is 10.1. The Morgan fingerprint density at radius 2 is 1.75 bits per heavy atom. The molecule has 20 heavy (non-hydrogen) atoms. The van der Waals surface area contributed by atoms with Gasteiger partial charge in [0.2, 0.25) is 0 Å². The fourth-order valence-corrected chi connectivity index (χ4v) is 1.53. The van der Waals surface area contributed by atoms with Crippen molar-refractivity contribution < 1.29 is 22.3 Å². The zero-order chi connectivity index (χ0) is 14.8. The molecule has 102 valence electrons. The number of aromatic nitrogens is 1. The normalized spacial score (nSPS) is 10.9. The summed E-state index contributed by atoms with van der Waals surface area (Å²) in [6.45, 7) is 0. The highest BCUT2D eigenvalue weighted by Gasteiger charge is 2.30. The molecule has 0 atom stereocenters. The lowest BCUT2D eigenvalue weighted by Crippen LogP contribution is -2.16. The molecular weight excluding hydrogens is 276 g/mol. The topological polar surface area (TPSA) is 45.9 Å². The minimum atomic E-state index is -4.76. The predicted molar refractivity (Wildman–Crippen MR) is 61.0 cm³/mol. The largest absolute Gasteiger partial charge is 0.573 e. The van der Waals surface area contributed by atoms with Crippen LogP contribution in [0.4, 0.5) is 17.6 Å². The van der Waals surface area contributed by atoms with E-state index in [1.807, 2.05) is 0 Å². The van der Waals surface area contributed by atoms with Gasteiger partial charge in [0, 0.05) is 11.8 Å². The van der Waals surface area contributed by atoms with Crippen LogP contribution >= 0.6 is 0 Å². The molecule has 0 unspecified atom stereocenters. The average molecular weight is 282 g/mol. The van der Waals surface area contributed by atoms with Crippen molar-refractivity contribution in [3.05, 3.63) is 48.0 Å². The van der Waals surface area contributed by atoms with Crippen LogP contribution < -0.4 is 4.74 Å². The summed E-state index contributed by atoms with van der Waals surface area (Å²) in [4.78, 5) is 3.61. The molecule has 0 spiro atoms. The van der Waals surface area contributed by atoms with Gasteiger partial charge in [-0.1, -0.05) is 12.1 Å². The summed E-state index contributed by atoms with van der Waals surface area (Å²) in [7, 11) is 0. The maximum atomic E-state index is 13.4. The number of halogens is 4. The van der Waals surface area contributed by atoms with Gasteiger partial charge in [0.15, 0.2) is 11.5 Å². The summed E-state index contributed by atoms with van der Waals surface area (Å²) in [6.07, 6.45) is -3.50. The standard InChI is InChI=1S/C13H6F4N2O/c14-11-5-9(7-19-12(11)6-18)8-1-3-10(4-2-8)20-13(15,16)17/h1-5,7H. The van der Waals surface area contributed by atoms with Gasteiger partial charge >= 0.3 is 6.36 Å². The molecule has 0 N–H and O–H groups in total. The number of pyridine rings is 1. The Morgan fingerprint density at radius 1 is 1.10 bits per heavy atom. The molecular formula is C13H6F4N2O. The monoisotopic (exact) mass is 282 g/mol. The Hall–Kier alpha value is -2.62. The summed E-state index contributed by atoms with van der Waals surface area (Å²) in [5.74, 6) is -1.16. The molecule has 0 radical (unpaired) electrons. The van der Waals surface area contributed by atoms with Crippen LogP contribution in [0.1, 0.15) is 5.69 Å². The minimum absolute atomic E-state index is 0.342. The number of nitrogens with zero attached hydrogens (tertiary/aromatic N) is 2. The Bertz CT molecular complexity index is 660. The van der Waals surface area contributed by atoms with Crippen LogP contribution in [-0.4, -0.2) is 11.3 Å². The van der Waals surface area contributed by atoms with Gasteiger partial charge < -0.3 is 4.74 Å². The van der Waals surface area contributed by atoms with E-state index >= 15 is 0 Å². The zero-order valence-corrected chi connectivity index (χ0v) is 9.78. The first-order valence-corrected chi connectivity index (χ1v) is 5.31. The molecule has 0 saturated heterocycles. The molecule has 1 heterocycles. The maximum absolute atomic E-state index is 13.4. The van der Waals surface area contributed by atoms with Crippen LogP contribution in [0, 0.1) is 17.1 Å². The first-order chi connectivity index (χ1) is 9.39. The highest BCUT2D eigenvalue weighted by Crippen LogP contribution is 2.26. The van der Waals surface area contributed by atoms with E-state index in [9.17, 15) is 17.6 Å². The number of rotatable bonds is 2. The van der Waals surface area contributed by atoms with E-state index in [2.05, 4.69) is 9.72 Å². The third-order valence-corrected chi connectivity index (χ3v) is 2.37. The summed E-state index contributed by atoms with van der Waals surface area (Å²) in [5, 5.41) is 8.55. The highest BCUT2D eigenvalue weighted by molar-refractivity contribution is 5.63. The first kappa shape index (κ1) is 13.8. The van der Waals surface area contributed by atoms with E-state index in [1.165, 1.54) is 18.3 Å². The summed E-state index contributed by atoms with van der Waals surface area (Å²) in [5.41, 5.74) is 0.459. The van der Waals surface area contributed by atoms with Crippen LogP contribution in [0.15, 0.2) is 36.5 Å². The number of benzene rings is 1. The molecule has 0 fully saturated rings. The fraction of sp³-hybridized carbons (Fsp3) is 0.0769. The van der Waals surface area contributed by atoms with E-state index in [1.54, 1.807) is 6.07 Å². The minimum Gasteiger partial charge on any atom is -0.406 e.